The minimum absolute atomic E-state index is 0.162. The summed E-state index contributed by atoms with van der Waals surface area (Å²) in [4.78, 5) is 23.2. The Bertz CT molecular complexity index is 1010. The van der Waals surface area contributed by atoms with Crippen LogP contribution in [-0.2, 0) is 6.42 Å². The second kappa shape index (κ2) is 9.20. The summed E-state index contributed by atoms with van der Waals surface area (Å²) in [5.41, 5.74) is 2.47. The van der Waals surface area contributed by atoms with Crippen molar-refractivity contribution in [1.82, 2.24) is 14.9 Å². The summed E-state index contributed by atoms with van der Waals surface area (Å²) >= 11 is 0. The second-order valence-electron chi connectivity index (χ2n) is 7.73. The van der Waals surface area contributed by atoms with Gasteiger partial charge in [-0.05, 0) is 62.3 Å². The molecule has 0 aliphatic carbocycles. The first-order valence-electron chi connectivity index (χ1n) is 10.6. The van der Waals surface area contributed by atoms with E-state index in [4.69, 9.17) is 4.74 Å². The molecule has 0 bridgehead atoms. The van der Waals surface area contributed by atoms with Crippen LogP contribution in [0.1, 0.15) is 42.1 Å². The molecule has 0 N–H and O–H groups in total. The van der Waals surface area contributed by atoms with Crippen molar-refractivity contribution in [1.29, 1.82) is 0 Å². The number of carbonyl (C=O) groups is 1. The number of hydrogen-bond donors (Lipinski definition) is 0. The third-order valence-corrected chi connectivity index (χ3v) is 5.75. The van der Waals surface area contributed by atoms with E-state index in [1.165, 1.54) is 30.1 Å². The second-order valence-corrected chi connectivity index (χ2v) is 7.73. The van der Waals surface area contributed by atoms with Crippen LogP contribution in [0.5, 0.6) is 5.75 Å². The van der Waals surface area contributed by atoms with Crippen LogP contribution in [0.4, 0.5) is 4.39 Å². The van der Waals surface area contributed by atoms with Crippen molar-refractivity contribution in [2.24, 2.45) is 5.92 Å². The van der Waals surface area contributed by atoms with Gasteiger partial charge in [-0.15, -0.1) is 0 Å². The third-order valence-electron chi connectivity index (χ3n) is 5.75. The summed E-state index contributed by atoms with van der Waals surface area (Å²) in [5, 5.41) is 0. The number of ether oxygens (including phenoxy) is 1. The summed E-state index contributed by atoms with van der Waals surface area (Å²) in [5.74, 6) is 0.869. The van der Waals surface area contributed by atoms with Gasteiger partial charge in [-0.3, -0.25) is 14.8 Å². The summed E-state index contributed by atoms with van der Waals surface area (Å²) in [6.07, 6.45) is 7.08. The molecule has 0 atom stereocenters. The monoisotopic (exact) mass is 407 g/mol. The Kier molecular flexibility index (Phi) is 6.21. The molecule has 0 spiro atoms. The van der Waals surface area contributed by atoms with Gasteiger partial charge in [0, 0.05) is 31.5 Å². The molecule has 3 aromatic rings. The standard InChI is InChI=1S/C24H26FN3O2/c1-2-30-20-7-5-17(6-8-20)3-4-18-9-13-28(14-10-18)24(29)21-15-19(25)16-22-23(21)27-12-11-26-22/h5-8,11-12,15-16,18H,2-4,9-10,13-14H2,1H3. The van der Waals surface area contributed by atoms with Gasteiger partial charge in [0.1, 0.15) is 17.1 Å². The fourth-order valence-electron chi connectivity index (χ4n) is 4.09. The Hall–Kier alpha value is -3.02. The number of amides is 1. The summed E-state index contributed by atoms with van der Waals surface area (Å²) in [6, 6.07) is 10.9. The lowest BCUT2D eigenvalue weighted by atomic mass is 9.90. The number of halogens is 1. The molecule has 1 amide bonds. The average molecular weight is 407 g/mol. The van der Waals surface area contributed by atoms with E-state index >= 15 is 0 Å². The highest BCUT2D eigenvalue weighted by Gasteiger charge is 2.25. The maximum atomic E-state index is 14.0. The van der Waals surface area contributed by atoms with Crippen LogP contribution in [-0.4, -0.2) is 40.5 Å². The molecule has 1 aliphatic heterocycles. The van der Waals surface area contributed by atoms with Crippen LogP contribution in [0.25, 0.3) is 11.0 Å². The van der Waals surface area contributed by atoms with Crippen molar-refractivity contribution in [3.63, 3.8) is 0 Å². The average Bonchev–Trinajstić information content (AvgIpc) is 2.78. The smallest absolute Gasteiger partial charge is 0.256 e. The van der Waals surface area contributed by atoms with Gasteiger partial charge in [-0.1, -0.05) is 12.1 Å². The molecule has 1 aromatic heterocycles. The summed E-state index contributed by atoms with van der Waals surface area (Å²) in [6.45, 7) is 4.03. The quantitative estimate of drug-likeness (QED) is 0.597. The number of likely N-dealkylation sites (tertiary alicyclic amines) is 1. The number of carbonyl (C=O) groups excluding carboxylic acids is 1. The van der Waals surface area contributed by atoms with E-state index in [-0.39, 0.29) is 5.91 Å². The number of rotatable bonds is 6. The zero-order chi connectivity index (χ0) is 20.9. The van der Waals surface area contributed by atoms with Crippen LogP contribution < -0.4 is 4.74 Å². The maximum Gasteiger partial charge on any atom is 0.256 e. The van der Waals surface area contributed by atoms with E-state index < -0.39 is 5.82 Å². The first-order valence-corrected chi connectivity index (χ1v) is 10.6. The van der Waals surface area contributed by atoms with Crippen LogP contribution >= 0.6 is 0 Å². The summed E-state index contributed by atoms with van der Waals surface area (Å²) in [7, 11) is 0. The van der Waals surface area contributed by atoms with Gasteiger partial charge in [-0.25, -0.2) is 4.39 Å². The lowest BCUT2D eigenvalue weighted by Gasteiger charge is -2.32. The number of aromatic nitrogens is 2. The predicted octanol–water partition coefficient (Wildman–Crippen LogP) is 4.65. The zero-order valence-electron chi connectivity index (χ0n) is 17.2. The zero-order valence-corrected chi connectivity index (χ0v) is 17.2. The van der Waals surface area contributed by atoms with Crippen LogP contribution in [0.3, 0.4) is 0 Å². The molecule has 5 nitrogen and oxygen atoms in total. The molecule has 0 unspecified atom stereocenters. The number of nitrogens with zero attached hydrogens (tertiary/aromatic N) is 3. The molecule has 1 aliphatic rings. The molecule has 2 heterocycles. The highest BCUT2D eigenvalue weighted by atomic mass is 19.1. The number of aryl methyl sites for hydroxylation is 1. The van der Waals surface area contributed by atoms with E-state index in [0.29, 0.717) is 42.2 Å². The van der Waals surface area contributed by atoms with E-state index in [9.17, 15) is 9.18 Å². The van der Waals surface area contributed by atoms with Gasteiger partial charge < -0.3 is 9.64 Å². The van der Waals surface area contributed by atoms with Gasteiger partial charge in [0.05, 0.1) is 17.7 Å². The Morgan fingerprint density at radius 1 is 1.13 bits per heavy atom. The molecule has 30 heavy (non-hydrogen) atoms. The largest absolute Gasteiger partial charge is 0.494 e. The molecule has 1 saturated heterocycles. The van der Waals surface area contributed by atoms with Crippen LogP contribution in [0.2, 0.25) is 0 Å². The number of benzene rings is 2. The van der Waals surface area contributed by atoms with Gasteiger partial charge in [0.25, 0.3) is 5.91 Å². The minimum Gasteiger partial charge on any atom is -0.494 e. The Balaban J connectivity index is 1.34. The topological polar surface area (TPSA) is 55.3 Å². The first kappa shape index (κ1) is 20.3. The maximum absolute atomic E-state index is 14.0. The Morgan fingerprint density at radius 2 is 1.87 bits per heavy atom. The molecule has 0 saturated carbocycles. The Labute approximate surface area is 175 Å². The van der Waals surface area contributed by atoms with Gasteiger partial charge in [-0.2, -0.15) is 0 Å². The van der Waals surface area contributed by atoms with Crippen molar-refractivity contribution in [3.8, 4) is 5.75 Å². The van der Waals surface area contributed by atoms with Crippen molar-refractivity contribution in [2.45, 2.75) is 32.6 Å². The lowest BCUT2D eigenvalue weighted by molar-refractivity contribution is 0.0688. The molecule has 4 rings (SSSR count). The summed E-state index contributed by atoms with van der Waals surface area (Å²) < 4.78 is 19.5. The Morgan fingerprint density at radius 3 is 2.60 bits per heavy atom. The molecule has 1 fully saturated rings. The normalized spacial score (nSPS) is 14.8. The van der Waals surface area contributed by atoms with Gasteiger partial charge in [0.2, 0.25) is 0 Å². The molecule has 6 heteroatoms. The van der Waals surface area contributed by atoms with Crippen molar-refractivity contribution in [2.75, 3.05) is 19.7 Å². The van der Waals surface area contributed by atoms with E-state index in [1.54, 1.807) is 0 Å². The van der Waals surface area contributed by atoms with E-state index in [0.717, 1.165) is 31.4 Å². The predicted molar refractivity (Wildman–Crippen MR) is 114 cm³/mol. The third kappa shape index (κ3) is 4.58. The SMILES string of the molecule is CCOc1ccc(CCC2CCN(C(=O)c3cc(F)cc4nccnc34)CC2)cc1. The van der Waals surface area contributed by atoms with Crippen molar-refractivity contribution in [3.05, 3.63) is 65.7 Å². The van der Waals surface area contributed by atoms with Crippen molar-refractivity contribution < 1.29 is 13.9 Å². The van der Waals surface area contributed by atoms with Gasteiger partial charge >= 0.3 is 0 Å². The number of fused-ring (bicyclic) bond motifs is 1. The first-order chi connectivity index (χ1) is 14.6. The molecule has 156 valence electrons. The van der Waals surface area contributed by atoms with Crippen molar-refractivity contribution >= 4 is 16.9 Å². The highest BCUT2D eigenvalue weighted by molar-refractivity contribution is 6.04. The van der Waals surface area contributed by atoms with E-state index in [1.807, 2.05) is 24.0 Å². The van der Waals surface area contributed by atoms with Crippen LogP contribution in [0, 0.1) is 11.7 Å². The fourth-order valence-corrected chi connectivity index (χ4v) is 4.09. The van der Waals surface area contributed by atoms with E-state index in [2.05, 4.69) is 22.1 Å². The minimum atomic E-state index is -0.461. The van der Waals surface area contributed by atoms with Gasteiger partial charge in [0.15, 0.2) is 0 Å². The fraction of sp³-hybridized carbons (Fsp3) is 0.375. The van der Waals surface area contributed by atoms with Crippen LogP contribution in [0.15, 0.2) is 48.8 Å². The lowest BCUT2D eigenvalue weighted by Crippen LogP contribution is -2.38. The number of hydrogen-bond acceptors (Lipinski definition) is 4. The molecule has 0 radical (unpaired) electrons. The molecular formula is C24H26FN3O2. The highest BCUT2D eigenvalue weighted by Crippen LogP contribution is 2.26. The molecule has 2 aromatic carbocycles. The molecular weight excluding hydrogens is 381 g/mol. The number of piperidine rings is 1.